The van der Waals surface area contributed by atoms with E-state index in [-0.39, 0.29) is 12.1 Å². The van der Waals surface area contributed by atoms with Crippen molar-refractivity contribution in [2.45, 2.75) is 25.1 Å². The van der Waals surface area contributed by atoms with E-state index in [0.717, 1.165) is 38.2 Å². The second-order valence-corrected chi connectivity index (χ2v) is 6.59. The number of nitrogens with zero attached hydrogens (tertiary/aromatic N) is 5. The van der Waals surface area contributed by atoms with Crippen LogP contribution < -0.4 is 0 Å². The number of ether oxygens (including phenoxy) is 1. The number of rotatable bonds is 4. The summed E-state index contributed by atoms with van der Waals surface area (Å²) in [5.41, 5.74) is 0.856. The fourth-order valence-corrected chi connectivity index (χ4v) is 3.48. The first kappa shape index (κ1) is 16.6. The van der Waals surface area contributed by atoms with Crippen molar-refractivity contribution in [2.24, 2.45) is 0 Å². The third-order valence-electron chi connectivity index (χ3n) is 4.86. The van der Waals surface area contributed by atoms with Gasteiger partial charge in [-0.1, -0.05) is 5.16 Å². The molecule has 8 nitrogen and oxygen atoms in total. The van der Waals surface area contributed by atoms with Crippen LogP contribution in [0.3, 0.4) is 0 Å². The van der Waals surface area contributed by atoms with E-state index >= 15 is 0 Å². The SMILES string of the molecule is O[C@@H]1COC[C@H]1N1CCCN(Cc2nc(-c3cccnc3)no2)CC1. The molecule has 2 saturated heterocycles. The zero-order valence-corrected chi connectivity index (χ0v) is 14.1. The molecule has 0 bridgehead atoms. The van der Waals surface area contributed by atoms with Gasteiger partial charge in [-0.3, -0.25) is 14.8 Å². The molecule has 0 unspecified atom stereocenters. The highest BCUT2D eigenvalue weighted by molar-refractivity contribution is 5.51. The van der Waals surface area contributed by atoms with Crippen LogP contribution in [0.4, 0.5) is 0 Å². The summed E-state index contributed by atoms with van der Waals surface area (Å²) in [7, 11) is 0. The van der Waals surface area contributed by atoms with Crippen LogP contribution in [0, 0.1) is 0 Å². The maximum atomic E-state index is 10.0. The first-order chi connectivity index (χ1) is 12.3. The Labute approximate surface area is 146 Å². The number of aliphatic hydroxyl groups excluding tert-OH is 1. The molecule has 0 aromatic carbocycles. The van der Waals surface area contributed by atoms with Crippen LogP contribution in [-0.2, 0) is 11.3 Å². The van der Waals surface area contributed by atoms with Gasteiger partial charge in [-0.2, -0.15) is 4.98 Å². The minimum Gasteiger partial charge on any atom is -0.389 e. The summed E-state index contributed by atoms with van der Waals surface area (Å²) in [6.07, 6.45) is 4.13. The molecule has 4 rings (SSSR count). The molecule has 0 radical (unpaired) electrons. The molecule has 2 aromatic heterocycles. The van der Waals surface area contributed by atoms with Gasteiger partial charge in [0.15, 0.2) is 0 Å². The van der Waals surface area contributed by atoms with Gasteiger partial charge in [0.05, 0.1) is 31.9 Å². The van der Waals surface area contributed by atoms with Gasteiger partial charge in [0.2, 0.25) is 11.7 Å². The summed E-state index contributed by atoms with van der Waals surface area (Å²) in [5.74, 6) is 1.20. The molecule has 0 aliphatic carbocycles. The molecule has 25 heavy (non-hydrogen) atoms. The molecule has 4 heterocycles. The molecule has 2 aliphatic rings. The van der Waals surface area contributed by atoms with Crippen LogP contribution in [0.1, 0.15) is 12.3 Å². The quantitative estimate of drug-likeness (QED) is 0.852. The van der Waals surface area contributed by atoms with E-state index in [4.69, 9.17) is 9.26 Å². The van der Waals surface area contributed by atoms with Gasteiger partial charge in [0.1, 0.15) is 0 Å². The second kappa shape index (κ2) is 7.57. The lowest BCUT2D eigenvalue weighted by Crippen LogP contribution is -2.44. The number of aromatic nitrogens is 3. The molecule has 1 N–H and O–H groups in total. The largest absolute Gasteiger partial charge is 0.389 e. The van der Waals surface area contributed by atoms with Crippen molar-refractivity contribution in [3.63, 3.8) is 0 Å². The third-order valence-corrected chi connectivity index (χ3v) is 4.86. The van der Waals surface area contributed by atoms with Crippen LogP contribution in [0.25, 0.3) is 11.4 Å². The van der Waals surface area contributed by atoms with E-state index in [2.05, 4.69) is 24.9 Å². The monoisotopic (exact) mass is 345 g/mol. The average Bonchev–Trinajstić information content (AvgIpc) is 3.21. The molecular formula is C17H23N5O3. The minimum absolute atomic E-state index is 0.125. The van der Waals surface area contributed by atoms with Crippen molar-refractivity contribution in [1.82, 2.24) is 24.9 Å². The smallest absolute Gasteiger partial charge is 0.241 e. The average molecular weight is 345 g/mol. The first-order valence-electron chi connectivity index (χ1n) is 8.75. The Balaban J connectivity index is 1.35. The minimum atomic E-state index is -0.371. The molecule has 2 aromatic rings. The molecule has 8 heteroatoms. The number of pyridine rings is 1. The Hall–Kier alpha value is -1.87. The number of hydrogen-bond acceptors (Lipinski definition) is 8. The zero-order chi connectivity index (χ0) is 17.1. The van der Waals surface area contributed by atoms with Gasteiger partial charge in [0, 0.05) is 31.0 Å². The van der Waals surface area contributed by atoms with E-state index in [1.807, 2.05) is 12.1 Å². The highest BCUT2D eigenvalue weighted by Gasteiger charge is 2.32. The van der Waals surface area contributed by atoms with Gasteiger partial charge in [-0.05, 0) is 31.6 Å². The van der Waals surface area contributed by atoms with Gasteiger partial charge >= 0.3 is 0 Å². The normalized spacial score (nSPS) is 26.0. The maximum absolute atomic E-state index is 10.0. The Morgan fingerprint density at radius 3 is 2.96 bits per heavy atom. The van der Waals surface area contributed by atoms with Crippen molar-refractivity contribution >= 4 is 0 Å². The molecule has 2 atom stereocenters. The van der Waals surface area contributed by atoms with Gasteiger partial charge in [0.25, 0.3) is 0 Å². The zero-order valence-electron chi connectivity index (χ0n) is 14.1. The Morgan fingerprint density at radius 1 is 1.20 bits per heavy atom. The topological polar surface area (TPSA) is 87.8 Å². The molecule has 2 fully saturated rings. The first-order valence-corrected chi connectivity index (χ1v) is 8.75. The number of aliphatic hydroxyl groups is 1. The second-order valence-electron chi connectivity index (χ2n) is 6.59. The molecule has 0 amide bonds. The molecule has 134 valence electrons. The Bertz CT molecular complexity index is 680. The summed E-state index contributed by atoms with van der Waals surface area (Å²) < 4.78 is 10.8. The lowest BCUT2D eigenvalue weighted by Gasteiger charge is -2.28. The summed E-state index contributed by atoms with van der Waals surface area (Å²) in [5, 5.41) is 14.1. The molecule has 0 saturated carbocycles. The van der Waals surface area contributed by atoms with Gasteiger partial charge in [-0.25, -0.2) is 0 Å². The fraction of sp³-hybridized carbons (Fsp3) is 0.588. The highest BCUT2D eigenvalue weighted by atomic mass is 16.5. The van der Waals surface area contributed by atoms with Crippen LogP contribution in [-0.4, -0.2) is 81.6 Å². The molecule has 2 aliphatic heterocycles. The predicted molar refractivity (Wildman–Crippen MR) is 89.6 cm³/mol. The molecular weight excluding hydrogens is 322 g/mol. The Kier molecular flexibility index (Phi) is 5.02. The van der Waals surface area contributed by atoms with E-state index in [9.17, 15) is 5.11 Å². The van der Waals surface area contributed by atoms with Crippen LogP contribution in [0.2, 0.25) is 0 Å². The maximum Gasteiger partial charge on any atom is 0.241 e. The fourth-order valence-electron chi connectivity index (χ4n) is 3.48. The van der Waals surface area contributed by atoms with E-state index in [1.165, 1.54) is 0 Å². The Morgan fingerprint density at radius 2 is 2.16 bits per heavy atom. The van der Waals surface area contributed by atoms with E-state index in [1.54, 1.807) is 12.4 Å². The summed E-state index contributed by atoms with van der Waals surface area (Å²) in [6, 6.07) is 3.90. The summed E-state index contributed by atoms with van der Waals surface area (Å²) >= 11 is 0. The molecule has 0 spiro atoms. The summed E-state index contributed by atoms with van der Waals surface area (Å²) in [4.78, 5) is 13.2. The predicted octanol–water partition coefficient (Wildman–Crippen LogP) is 0.399. The van der Waals surface area contributed by atoms with Crippen molar-refractivity contribution in [3.05, 3.63) is 30.4 Å². The summed E-state index contributed by atoms with van der Waals surface area (Å²) in [6.45, 7) is 5.49. The van der Waals surface area contributed by atoms with Crippen molar-refractivity contribution in [3.8, 4) is 11.4 Å². The van der Waals surface area contributed by atoms with E-state index in [0.29, 0.717) is 31.5 Å². The lowest BCUT2D eigenvalue weighted by molar-refractivity contribution is 0.0834. The van der Waals surface area contributed by atoms with Crippen molar-refractivity contribution in [1.29, 1.82) is 0 Å². The van der Waals surface area contributed by atoms with Crippen LogP contribution >= 0.6 is 0 Å². The van der Waals surface area contributed by atoms with Crippen molar-refractivity contribution < 1.29 is 14.4 Å². The third kappa shape index (κ3) is 3.87. The van der Waals surface area contributed by atoms with Gasteiger partial charge in [-0.15, -0.1) is 0 Å². The standard InChI is InChI=1S/C17H23N5O3/c23-15-12-24-11-14(15)22-6-2-5-21(7-8-22)10-16-19-17(20-25-16)13-3-1-4-18-9-13/h1,3-4,9,14-15,23H,2,5-8,10-12H2/t14-,15-/m1/s1. The van der Waals surface area contributed by atoms with Crippen molar-refractivity contribution in [2.75, 3.05) is 39.4 Å². The van der Waals surface area contributed by atoms with Crippen LogP contribution in [0.5, 0.6) is 0 Å². The van der Waals surface area contributed by atoms with E-state index < -0.39 is 0 Å². The van der Waals surface area contributed by atoms with Gasteiger partial charge < -0.3 is 14.4 Å². The highest BCUT2D eigenvalue weighted by Crippen LogP contribution is 2.18. The van der Waals surface area contributed by atoms with Crippen LogP contribution in [0.15, 0.2) is 29.0 Å². The number of hydrogen-bond donors (Lipinski definition) is 1. The lowest BCUT2D eigenvalue weighted by atomic mass is 10.2.